The van der Waals surface area contributed by atoms with Gasteiger partial charge in [0.05, 0.1) is 0 Å². The molecule has 0 aromatic heterocycles. The maximum atomic E-state index is 2.69. The predicted octanol–water partition coefficient (Wildman–Crippen LogP) is 3.30. The van der Waals surface area contributed by atoms with Crippen LogP contribution in [0.5, 0.6) is 0 Å². The van der Waals surface area contributed by atoms with Crippen molar-refractivity contribution in [3.05, 3.63) is 0 Å². The van der Waals surface area contributed by atoms with Crippen molar-refractivity contribution >= 4 is 0 Å². The Morgan fingerprint density at radius 3 is 1.92 bits per heavy atom. The molecule has 0 amide bonds. The summed E-state index contributed by atoms with van der Waals surface area (Å²) in [6.45, 7) is 12.1. The van der Waals surface area contributed by atoms with E-state index in [1.807, 2.05) is 0 Å². The summed E-state index contributed by atoms with van der Waals surface area (Å²) in [6, 6.07) is 0. The van der Waals surface area contributed by atoms with Crippen molar-refractivity contribution in [3.8, 4) is 0 Å². The molecule has 0 aromatic rings. The van der Waals surface area contributed by atoms with Gasteiger partial charge in [0.25, 0.3) is 0 Å². The maximum Gasteiger partial charge on any atom is 0.0181 e. The third-order valence-electron chi connectivity index (χ3n) is 3.40. The van der Waals surface area contributed by atoms with Crippen molar-refractivity contribution in [1.82, 2.24) is 4.90 Å². The molecule has 0 unspecified atom stereocenters. The van der Waals surface area contributed by atoms with Crippen LogP contribution in [0.1, 0.15) is 53.4 Å². The largest absolute Gasteiger partial charge is 0.297 e. The van der Waals surface area contributed by atoms with E-state index in [4.69, 9.17) is 0 Å². The fraction of sp³-hybridized carbons (Fsp3) is 1.00. The zero-order valence-corrected chi connectivity index (χ0v) is 9.77. The van der Waals surface area contributed by atoms with Gasteiger partial charge in [-0.25, -0.2) is 0 Å². The van der Waals surface area contributed by atoms with E-state index in [-0.39, 0.29) is 0 Å². The monoisotopic (exact) mass is 183 g/mol. The van der Waals surface area contributed by atoms with Gasteiger partial charge in [-0.05, 0) is 25.7 Å². The molecule has 0 aliphatic carbocycles. The van der Waals surface area contributed by atoms with Crippen LogP contribution in [0.2, 0.25) is 0 Å². The summed E-state index contributed by atoms with van der Waals surface area (Å²) in [5, 5.41) is 0. The van der Waals surface area contributed by atoms with Gasteiger partial charge in [0.2, 0.25) is 0 Å². The molecule has 1 heterocycles. The highest BCUT2D eigenvalue weighted by Crippen LogP contribution is 2.32. The lowest BCUT2D eigenvalue weighted by Gasteiger charge is -2.50. The van der Waals surface area contributed by atoms with E-state index in [0.29, 0.717) is 5.54 Å². The Morgan fingerprint density at radius 2 is 1.62 bits per heavy atom. The summed E-state index contributed by atoms with van der Waals surface area (Å²) in [4.78, 5) is 2.69. The first-order valence-corrected chi connectivity index (χ1v) is 5.87. The molecular weight excluding hydrogens is 158 g/mol. The minimum absolute atomic E-state index is 0.510. The van der Waals surface area contributed by atoms with Crippen molar-refractivity contribution in [3.63, 3.8) is 0 Å². The fourth-order valence-corrected chi connectivity index (χ4v) is 2.66. The van der Waals surface area contributed by atoms with Gasteiger partial charge in [-0.15, -0.1) is 0 Å². The molecule has 0 aromatic carbocycles. The summed E-state index contributed by atoms with van der Waals surface area (Å²) in [5.74, 6) is 0.938. The molecule has 0 spiro atoms. The molecule has 1 nitrogen and oxygen atoms in total. The van der Waals surface area contributed by atoms with Crippen LogP contribution in [0, 0.1) is 5.92 Å². The Kier molecular flexibility index (Phi) is 3.78. The highest BCUT2D eigenvalue weighted by atomic mass is 15.2. The topological polar surface area (TPSA) is 3.24 Å². The predicted molar refractivity (Wildman–Crippen MR) is 59.0 cm³/mol. The number of nitrogens with zero attached hydrogens (tertiary/aromatic N) is 1. The van der Waals surface area contributed by atoms with E-state index in [1.165, 1.54) is 38.8 Å². The first-order chi connectivity index (χ1) is 6.12. The Balaban J connectivity index is 2.45. The molecule has 0 saturated carbocycles. The summed E-state index contributed by atoms with van der Waals surface area (Å²) in [7, 11) is 0. The van der Waals surface area contributed by atoms with Crippen LogP contribution in [0.25, 0.3) is 0 Å². The van der Waals surface area contributed by atoms with Crippen molar-refractivity contribution < 1.29 is 0 Å². The van der Waals surface area contributed by atoms with Gasteiger partial charge in [0.15, 0.2) is 0 Å². The second-order valence-corrected chi connectivity index (χ2v) is 5.01. The van der Waals surface area contributed by atoms with Gasteiger partial charge in [0.1, 0.15) is 0 Å². The van der Waals surface area contributed by atoms with Crippen LogP contribution < -0.4 is 0 Å². The molecular formula is C12H25N. The minimum atomic E-state index is 0.510. The summed E-state index contributed by atoms with van der Waals surface area (Å²) in [5.41, 5.74) is 0.510. The molecule has 13 heavy (non-hydrogen) atoms. The van der Waals surface area contributed by atoms with Crippen molar-refractivity contribution in [2.24, 2.45) is 5.92 Å². The number of likely N-dealkylation sites (tertiary alicyclic amines) is 1. The summed E-state index contributed by atoms with van der Waals surface area (Å²) in [6.07, 6.45) is 5.38. The Hall–Kier alpha value is -0.0400. The van der Waals surface area contributed by atoms with Gasteiger partial charge in [0, 0.05) is 18.6 Å². The SMILES string of the molecule is CCCC(C)(CCC)N1CC(C)C1. The van der Waals surface area contributed by atoms with Crippen molar-refractivity contribution in [1.29, 1.82) is 0 Å². The third kappa shape index (κ3) is 2.46. The van der Waals surface area contributed by atoms with Crippen molar-refractivity contribution in [2.75, 3.05) is 13.1 Å². The Morgan fingerprint density at radius 1 is 1.15 bits per heavy atom. The van der Waals surface area contributed by atoms with Gasteiger partial charge in [-0.3, -0.25) is 4.90 Å². The lowest BCUT2D eigenvalue weighted by Crippen LogP contribution is -2.57. The van der Waals surface area contributed by atoms with Gasteiger partial charge in [-0.2, -0.15) is 0 Å². The molecule has 0 radical (unpaired) electrons. The van der Waals surface area contributed by atoms with E-state index in [1.54, 1.807) is 0 Å². The highest BCUT2D eigenvalue weighted by Gasteiger charge is 2.36. The molecule has 1 rings (SSSR count). The standard InChI is InChI=1S/C12H25N/c1-5-7-12(4,8-6-2)13-9-11(3)10-13/h11H,5-10H2,1-4H3. The molecule has 78 valence electrons. The van der Waals surface area contributed by atoms with E-state index in [9.17, 15) is 0 Å². The van der Waals surface area contributed by atoms with Gasteiger partial charge < -0.3 is 0 Å². The van der Waals surface area contributed by atoms with E-state index in [0.717, 1.165) is 5.92 Å². The Labute approximate surface area is 83.5 Å². The summed E-state index contributed by atoms with van der Waals surface area (Å²) < 4.78 is 0. The van der Waals surface area contributed by atoms with Gasteiger partial charge in [-0.1, -0.05) is 33.6 Å². The average Bonchev–Trinajstić information content (AvgIpc) is 2.00. The van der Waals surface area contributed by atoms with E-state index >= 15 is 0 Å². The molecule has 0 atom stereocenters. The van der Waals surface area contributed by atoms with Crippen LogP contribution in [-0.4, -0.2) is 23.5 Å². The normalized spacial score (nSPS) is 20.3. The van der Waals surface area contributed by atoms with Crippen LogP contribution in [0.4, 0.5) is 0 Å². The lowest BCUT2D eigenvalue weighted by molar-refractivity contribution is -0.0104. The molecule has 0 N–H and O–H groups in total. The molecule has 1 aliphatic heterocycles. The molecule has 1 saturated heterocycles. The van der Waals surface area contributed by atoms with Crippen LogP contribution >= 0.6 is 0 Å². The zero-order chi connectivity index (χ0) is 9.90. The average molecular weight is 183 g/mol. The Bertz CT molecular complexity index is 141. The number of hydrogen-bond acceptors (Lipinski definition) is 1. The highest BCUT2D eigenvalue weighted by molar-refractivity contribution is 4.92. The molecule has 1 aliphatic rings. The first-order valence-electron chi connectivity index (χ1n) is 5.87. The minimum Gasteiger partial charge on any atom is -0.297 e. The maximum absolute atomic E-state index is 2.69. The first kappa shape index (κ1) is 11.0. The zero-order valence-electron chi connectivity index (χ0n) is 9.77. The number of hydrogen-bond donors (Lipinski definition) is 0. The van der Waals surface area contributed by atoms with Crippen LogP contribution in [0.15, 0.2) is 0 Å². The molecule has 1 heteroatoms. The van der Waals surface area contributed by atoms with E-state index < -0.39 is 0 Å². The smallest absolute Gasteiger partial charge is 0.0181 e. The lowest BCUT2D eigenvalue weighted by atomic mass is 9.84. The molecule has 0 bridgehead atoms. The van der Waals surface area contributed by atoms with Gasteiger partial charge >= 0.3 is 0 Å². The second kappa shape index (κ2) is 4.45. The van der Waals surface area contributed by atoms with Crippen LogP contribution in [-0.2, 0) is 0 Å². The molecule has 1 fully saturated rings. The second-order valence-electron chi connectivity index (χ2n) is 5.01. The fourth-order valence-electron chi connectivity index (χ4n) is 2.66. The van der Waals surface area contributed by atoms with Crippen molar-refractivity contribution in [2.45, 2.75) is 58.9 Å². The number of rotatable bonds is 5. The third-order valence-corrected chi connectivity index (χ3v) is 3.40. The van der Waals surface area contributed by atoms with E-state index in [2.05, 4.69) is 32.6 Å². The summed E-state index contributed by atoms with van der Waals surface area (Å²) >= 11 is 0. The quantitative estimate of drug-likeness (QED) is 0.632. The van der Waals surface area contributed by atoms with Crippen LogP contribution in [0.3, 0.4) is 0 Å².